The lowest BCUT2D eigenvalue weighted by atomic mass is 9.99. The maximum absolute atomic E-state index is 11.9. The molecular formula is C17H24N4O2. The fraction of sp³-hybridized carbons (Fsp3) is 0.529. The zero-order chi connectivity index (χ0) is 16.4. The number of rotatable bonds is 4. The molecule has 0 saturated carbocycles. The van der Waals surface area contributed by atoms with Crippen molar-refractivity contribution >= 4 is 5.91 Å². The Bertz CT molecular complexity index is 689. The number of carbonyl (C=O) groups is 1. The van der Waals surface area contributed by atoms with Crippen LogP contribution in [-0.2, 0) is 13.6 Å². The van der Waals surface area contributed by atoms with E-state index in [0.717, 1.165) is 24.6 Å². The monoisotopic (exact) mass is 316 g/mol. The Hall–Kier alpha value is -2.08. The lowest BCUT2D eigenvalue weighted by molar-refractivity contribution is 0.0951. The number of likely N-dealkylation sites (tertiary alicyclic amines) is 1. The molecule has 0 aromatic carbocycles. The molecule has 0 unspecified atom stereocenters. The molecule has 1 amide bonds. The number of aryl methyl sites for hydroxylation is 1. The Labute approximate surface area is 136 Å². The zero-order valence-electron chi connectivity index (χ0n) is 14.0. The normalized spacial score (nSPS) is 19.0. The van der Waals surface area contributed by atoms with E-state index in [9.17, 15) is 4.79 Å². The van der Waals surface area contributed by atoms with Crippen molar-refractivity contribution in [3.63, 3.8) is 0 Å². The highest BCUT2D eigenvalue weighted by Gasteiger charge is 2.28. The van der Waals surface area contributed by atoms with E-state index in [2.05, 4.69) is 21.3 Å². The summed E-state index contributed by atoms with van der Waals surface area (Å²) in [5.74, 6) is 1.55. The molecule has 6 heteroatoms. The summed E-state index contributed by atoms with van der Waals surface area (Å²) in [6.45, 7) is 3.64. The predicted octanol–water partition coefficient (Wildman–Crippen LogP) is 2.41. The van der Waals surface area contributed by atoms with Crippen LogP contribution >= 0.6 is 0 Å². The number of piperidine rings is 1. The zero-order valence-corrected chi connectivity index (χ0v) is 14.0. The summed E-state index contributed by atoms with van der Waals surface area (Å²) in [6, 6.07) is 4.25. The third kappa shape index (κ3) is 3.17. The van der Waals surface area contributed by atoms with Gasteiger partial charge in [0, 0.05) is 19.8 Å². The third-order valence-electron chi connectivity index (χ3n) is 4.58. The highest BCUT2D eigenvalue weighted by molar-refractivity contribution is 5.92. The lowest BCUT2D eigenvalue weighted by Crippen LogP contribution is -2.34. The average molecular weight is 316 g/mol. The SMILES string of the molecule is CNC(=O)c1ccc([C@@H]2CCCCN2Cc2ncc(C)o2)n1C. The van der Waals surface area contributed by atoms with Gasteiger partial charge in [0.05, 0.1) is 18.8 Å². The number of oxazole rings is 1. The molecular weight excluding hydrogens is 292 g/mol. The summed E-state index contributed by atoms with van der Waals surface area (Å²) in [7, 11) is 3.62. The molecule has 3 rings (SSSR count). The molecule has 0 aliphatic carbocycles. The summed E-state index contributed by atoms with van der Waals surface area (Å²) >= 11 is 0. The van der Waals surface area contributed by atoms with E-state index in [1.54, 1.807) is 13.2 Å². The van der Waals surface area contributed by atoms with Crippen LogP contribution in [0, 0.1) is 6.92 Å². The van der Waals surface area contributed by atoms with Crippen LogP contribution in [0.5, 0.6) is 0 Å². The topological polar surface area (TPSA) is 63.3 Å². The minimum Gasteiger partial charge on any atom is -0.445 e. The summed E-state index contributed by atoms with van der Waals surface area (Å²) in [5, 5.41) is 2.69. The van der Waals surface area contributed by atoms with Crippen molar-refractivity contribution in [2.45, 2.75) is 38.8 Å². The second-order valence-electron chi connectivity index (χ2n) is 6.13. The Kier molecular flexibility index (Phi) is 4.52. The van der Waals surface area contributed by atoms with Gasteiger partial charge in [0.1, 0.15) is 11.5 Å². The molecule has 1 fully saturated rings. The number of hydrogen-bond acceptors (Lipinski definition) is 4. The van der Waals surface area contributed by atoms with Crippen LogP contribution in [0.4, 0.5) is 0 Å². The Morgan fingerprint density at radius 3 is 2.96 bits per heavy atom. The molecule has 1 saturated heterocycles. The minimum atomic E-state index is -0.0514. The van der Waals surface area contributed by atoms with Crippen LogP contribution < -0.4 is 5.32 Å². The van der Waals surface area contributed by atoms with Gasteiger partial charge >= 0.3 is 0 Å². The van der Waals surface area contributed by atoms with Gasteiger partial charge in [-0.25, -0.2) is 4.98 Å². The molecule has 1 aliphatic heterocycles. The molecule has 3 heterocycles. The van der Waals surface area contributed by atoms with Crippen LogP contribution in [0.15, 0.2) is 22.7 Å². The van der Waals surface area contributed by atoms with Crippen molar-refractivity contribution in [3.05, 3.63) is 41.4 Å². The van der Waals surface area contributed by atoms with E-state index in [0.29, 0.717) is 18.3 Å². The van der Waals surface area contributed by atoms with Crippen LogP contribution in [0.1, 0.15) is 53.1 Å². The molecule has 23 heavy (non-hydrogen) atoms. The van der Waals surface area contributed by atoms with Gasteiger partial charge in [-0.05, 0) is 38.4 Å². The van der Waals surface area contributed by atoms with Crippen molar-refractivity contribution in [1.29, 1.82) is 0 Å². The summed E-state index contributed by atoms with van der Waals surface area (Å²) in [5.41, 5.74) is 1.87. The van der Waals surface area contributed by atoms with Crippen molar-refractivity contribution in [3.8, 4) is 0 Å². The summed E-state index contributed by atoms with van der Waals surface area (Å²) in [6.07, 6.45) is 5.24. The van der Waals surface area contributed by atoms with E-state index in [1.807, 2.05) is 24.6 Å². The second-order valence-corrected chi connectivity index (χ2v) is 6.13. The van der Waals surface area contributed by atoms with Gasteiger partial charge in [0.15, 0.2) is 0 Å². The quantitative estimate of drug-likeness (QED) is 0.941. The van der Waals surface area contributed by atoms with Crippen molar-refractivity contribution < 1.29 is 9.21 Å². The first kappa shape index (κ1) is 15.8. The van der Waals surface area contributed by atoms with E-state index in [-0.39, 0.29) is 5.91 Å². The van der Waals surface area contributed by atoms with E-state index >= 15 is 0 Å². The predicted molar refractivity (Wildman–Crippen MR) is 87.0 cm³/mol. The Morgan fingerprint density at radius 1 is 1.43 bits per heavy atom. The number of nitrogens with zero attached hydrogens (tertiary/aromatic N) is 3. The molecule has 0 spiro atoms. The van der Waals surface area contributed by atoms with E-state index in [4.69, 9.17) is 4.42 Å². The first-order valence-electron chi connectivity index (χ1n) is 8.13. The molecule has 2 aromatic rings. The maximum atomic E-state index is 11.9. The number of aromatic nitrogens is 2. The standard InChI is InChI=1S/C17H24N4O2/c1-12-10-19-16(23-12)11-21-9-5-4-6-14(21)13-7-8-15(20(13)3)17(22)18-2/h7-8,10,14H,4-6,9,11H2,1-3H3,(H,18,22)/t14-/m0/s1. The van der Waals surface area contributed by atoms with Crippen LogP contribution in [0.3, 0.4) is 0 Å². The Balaban J connectivity index is 1.84. The number of carbonyl (C=O) groups excluding carboxylic acids is 1. The smallest absolute Gasteiger partial charge is 0.267 e. The van der Waals surface area contributed by atoms with Gasteiger partial charge in [-0.1, -0.05) is 6.42 Å². The second kappa shape index (κ2) is 6.58. The number of hydrogen-bond donors (Lipinski definition) is 1. The van der Waals surface area contributed by atoms with Gasteiger partial charge in [-0.15, -0.1) is 0 Å². The summed E-state index contributed by atoms with van der Waals surface area (Å²) < 4.78 is 7.64. The first-order valence-corrected chi connectivity index (χ1v) is 8.13. The largest absolute Gasteiger partial charge is 0.445 e. The lowest BCUT2D eigenvalue weighted by Gasteiger charge is -2.35. The van der Waals surface area contributed by atoms with Crippen LogP contribution in [0.25, 0.3) is 0 Å². The molecule has 0 bridgehead atoms. The first-order chi connectivity index (χ1) is 11.1. The average Bonchev–Trinajstić information content (AvgIpc) is 3.13. The van der Waals surface area contributed by atoms with Gasteiger partial charge < -0.3 is 14.3 Å². The summed E-state index contributed by atoms with van der Waals surface area (Å²) in [4.78, 5) is 18.7. The molecule has 1 aliphatic rings. The highest BCUT2D eigenvalue weighted by atomic mass is 16.4. The van der Waals surface area contributed by atoms with Crippen molar-refractivity contribution in [2.24, 2.45) is 7.05 Å². The maximum Gasteiger partial charge on any atom is 0.267 e. The van der Waals surface area contributed by atoms with Gasteiger partial charge in [0.25, 0.3) is 5.91 Å². The molecule has 1 atom stereocenters. The fourth-order valence-electron chi connectivity index (χ4n) is 3.38. The van der Waals surface area contributed by atoms with E-state index < -0.39 is 0 Å². The molecule has 1 N–H and O–H groups in total. The minimum absolute atomic E-state index is 0.0514. The molecule has 2 aromatic heterocycles. The van der Waals surface area contributed by atoms with Crippen molar-refractivity contribution in [2.75, 3.05) is 13.6 Å². The molecule has 6 nitrogen and oxygen atoms in total. The van der Waals surface area contributed by atoms with E-state index in [1.165, 1.54) is 18.5 Å². The van der Waals surface area contributed by atoms with Gasteiger partial charge in [-0.2, -0.15) is 0 Å². The number of nitrogens with one attached hydrogen (secondary N) is 1. The fourth-order valence-corrected chi connectivity index (χ4v) is 3.38. The van der Waals surface area contributed by atoms with Gasteiger partial charge in [-0.3, -0.25) is 9.69 Å². The van der Waals surface area contributed by atoms with Crippen LogP contribution in [-0.4, -0.2) is 34.0 Å². The van der Waals surface area contributed by atoms with Crippen molar-refractivity contribution in [1.82, 2.24) is 19.8 Å². The third-order valence-corrected chi connectivity index (χ3v) is 4.58. The number of amides is 1. The molecule has 124 valence electrons. The van der Waals surface area contributed by atoms with Gasteiger partial charge in [0.2, 0.25) is 5.89 Å². The molecule has 0 radical (unpaired) electrons. The van der Waals surface area contributed by atoms with Crippen LogP contribution in [0.2, 0.25) is 0 Å². The Morgan fingerprint density at radius 2 is 2.26 bits per heavy atom. The highest BCUT2D eigenvalue weighted by Crippen LogP contribution is 2.32.